The number of nitrogens with zero attached hydrogens (tertiary/aromatic N) is 2. The lowest BCUT2D eigenvalue weighted by Crippen LogP contribution is -1.92. The zero-order valence-electron chi connectivity index (χ0n) is 12.8. The Hall–Kier alpha value is -2.66. The number of nitriles is 1. The van der Waals surface area contributed by atoms with Gasteiger partial charge in [-0.2, -0.15) is 5.26 Å². The number of rotatable bonds is 2. The lowest BCUT2D eigenvalue weighted by molar-refractivity contribution is 0.857. The van der Waals surface area contributed by atoms with Gasteiger partial charge < -0.3 is 0 Å². The van der Waals surface area contributed by atoms with Gasteiger partial charge in [-0.25, -0.2) is 0 Å². The molecule has 0 bridgehead atoms. The molecule has 2 aromatic carbocycles. The number of benzene rings is 2. The summed E-state index contributed by atoms with van der Waals surface area (Å²) in [4.78, 5) is 4.56. The molecule has 0 N–H and O–H groups in total. The molecule has 3 aromatic rings. The Balaban J connectivity index is 1.63. The lowest BCUT2D eigenvalue weighted by Gasteiger charge is -2.11. The zero-order chi connectivity index (χ0) is 15.4. The zero-order valence-corrected chi connectivity index (χ0v) is 12.8. The van der Waals surface area contributed by atoms with Gasteiger partial charge in [-0.05, 0) is 64.6 Å². The molecule has 0 aliphatic heterocycles. The van der Waals surface area contributed by atoms with Crippen molar-refractivity contribution in [2.24, 2.45) is 5.92 Å². The van der Waals surface area contributed by atoms with Gasteiger partial charge in [0.25, 0.3) is 0 Å². The average Bonchev–Trinajstić information content (AvgIpc) is 3.25. The number of aromatic nitrogens is 1. The predicted octanol–water partition coefficient (Wildman–Crippen LogP) is 4.63. The van der Waals surface area contributed by atoms with Crippen LogP contribution in [0.15, 0.2) is 48.7 Å². The van der Waals surface area contributed by atoms with Gasteiger partial charge in [-0.3, -0.25) is 4.98 Å². The second-order valence-electron chi connectivity index (χ2n) is 6.77. The van der Waals surface area contributed by atoms with E-state index in [0.29, 0.717) is 6.42 Å². The van der Waals surface area contributed by atoms with Gasteiger partial charge in [0.15, 0.2) is 0 Å². The largest absolute Gasteiger partial charge is 0.256 e. The molecule has 0 saturated heterocycles. The molecule has 2 unspecified atom stereocenters. The highest BCUT2D eigenvalue weighted by Gasteiger charge is 2.46. The summed E-state index contributed by atoms with van der Waals surface area (Å²) in [6.07, 6.45) is 4.87. The van der Waals surface area contributed by atoms with Crippen LogP contribution in [0.25, 0.3) is 22.0 Å². The molecule has 1 heterocycles. The molecule has 1 fully saturated rings. The van der Waals surface area contributed by atoms with Crippen molar-refractivity contribution in [2.45, 2.75) is 25.2 Å². The molecule has 0 radical (unpaired) electrons. The summed E-state index contributed by atoms with van der Waals surface area (Å²) in [5.74, 6) is 1.70. The van der Waals surface area contributed by atoms with Crippen molar-refractivity contribution in [1.82, 2.24) is 4.98 Å². The Kier molecular flexibility index (Phi) is 2.60. The molecule has 2 atom stereocenters. The van der Waals surface area contributed by atoms with Crippen molar-refractivity contribution in [3.63, 3.8) is 0 Å². The van der Waals surface area contributed by atoms with Crippen LogP contribution in [0.2, 0.25) is 0 Å². The van der Waals surface area contributed by atoms with E-state index in [9.17, 15) is 0 Å². The van der Waals surface area contributed by atoms with Crippen LogP contribution in [-0.4, -0.2) is 4.98 Å². The predicted molar refractivity (Wildman–Crippen MR) is 91.0 cm³/mol. The highest BCUT2D eigenvalue weighted by Crippen LogP contribution is 2.58. The summed E-state index contributed by atoms with van der Waals surface area (Å²) < 4.78 is 0. The highest BCUT2D eigenvalue weighted by atomic mass is 14.6. The fourth-order valence-electron chi connectivity index (χ4n) is 4.11. The fourth-order valence-corrected chi connectivity index (χ4v) is 4.11. The Labute approximate surface area is 135 Å². The van der Waals surface area contributed by atoms with Crippen LogP contribution in [-0.2, 0) is 12.8 Å². The summed E-state index contributed by atoms with van der Waals surface area (Å²) in [6, 6.07) is 17.5. The third-order valence-electron chi connectivity index (χ3n) is 5.31. The van der Waals surface area contributed by atoms with E-state index in [4.69, 9.17) is 5.26 Å². The van der Waals surface area contributed by atoms with E-state index in [0.717, 1.165) is 28.3 Å². The van der Waals surface area contributed by atoms with Crippen molar-refractivity contribution < 1.29 is 0 Å². The number of fused-ring (bicyclic) bond motifs is 4. The standard InChI is InChI=1S/C21H16N2/c22-7-6-13-8-15-5-4-14(11-20(15)23-12-13)18-3-1-2-16-9-17-10-19(17)21(16)18/h1-5,8,11-12,17,19H,6,9-10H2. The molecule has 110 valence electrons. The topological polar surface area (TPSA) is 36.7 Å². The molecule has 23 heavy (non-hydrogen) atoms. The normalized spacial score (nSPS) is 20.8. The van der Waals surface area contributed by atoms with Crippen molar-refractivity contribution in [2.75, 3.05) is 0 Å². The molecular formula is C21H16N2. The van der Waals surface area contributed by atoms with E-state index in [1.165, 1.54) is 24.0 Å². The molecule has 5 rings (SSSR count). The average molecular weight is 296 g/mol. The quantitative estimate of drug-likeness (QED) is 0.691. The summed E-state index contributed by atoms with van der Waals surface area (Å²) in [5, 5.41) is 9.93. The second kappa shape index (κ2) is 4.67. The first-order chi connectivity index (χ1) is 11.3. The van der Waals surface area contributed by atoms with Crippen molar-refractivity contribution >= 4 is 10.9 Å². The summed E-state index contributed by atoms with van der Waals surface area (Å²) in [6.45, 7) is 0. The van der Waals surface area contributed by atoms with Crippen LogP contribution < -0.4 is 0 Å². The van der Waals surface area contributed by atoms with Crippen molar-refractivity contribution in [1.29, 1.82) is 5.26 Å². The van der Waals surface area contributed by atoms with Crippen LogP contribution in [0.4, 0.5) is 0 Å². The minimum absolute atomic E-state index is 0.417. The first kappa shape index (κ1) is 12.8. The third kappa shape index (κ3) is 1.97. The third-order valence-corrected chi connectivity index (χ3v) is 5.31. The van der Waals surface area contributed by atoms with Crippen LogP contribution in [0, 0.1) is 17.2 Å². The Morgan fingerprint density at radius 1 is 1.17 bits per heavy atom. The van der Waals surface area contributed by atoms with E-state index >= 15 is 0 Å². The number of pyridine rings is 1. The van der Waals surface area contributed by atoms with Gasteiger partial charge in [0, 0.05) is 11.6 Å². The van der Waals surface area contributed by atoms with Crippen molar-refractivity contribution in [3.8, 4) is 17.2 Å². The fraction of sp³-hybridized carbons (Fsp3) is 0.238. The van der Waals surface area contributed by atoms with E-state index in [1.54, 1.807) is 11.1 Å². The smallest absolute Gasteiger partial charge is 0.0708 e. The Bertz CT molecular complexity index is 981. The van der Waals surface area contributed by atoms with Crippen LogP contribution in [0.5, 0.6) is 0 Å². The van der Waals surface area contributed by atoms with Gasteiger partial charge in [-0.1, -0.05) is 30.3 Å². The van der Waals surface area contributed by atoms with Gasteiger partial charge in [0.1, 0.15) is 0 Å². The minimum Gasteiger partial charge on any atom is -0.256 e. The molecule has 2 heteroatoms. The number of hydrogen-bond donors (Lipinski definition) is 0. The molecule has 1 saturated carbocycles. The first-order valence-electron chi connectivity index (χ1n) is 8.21. The lowest BCUT2D eigenvalue weighted by atomic mass is 9.93. The maximum Gasteiger partial charge on any atom is 0.0708 e. The van der Waals surface area contributed by atoms with E-state index in [2.05, 4.69) is 53.5 Å². The second-order valence-corrected chi connectivity index (χ2v) is 6.77. The maximum absolute atomic E-state index is 8.83. The van der Waals surface area contributed by atoms with Crippen LogP contribution >= 0.6 is 0 Å². The molecule has 2 aliphatic carbocycles. The van der Waals surface area contributed by atoms with E-state index in [-0.39, 0.29) is 0 Å². The van der Waals surface area contributed by atoms with E-state index < -0.39 is 0 Å². The number of hydrogen-bond acceptors (Lipinski definition) is 2. The van der Waals surface area contributed by atoms with Gasteiger partial charge in [-0.15, -0.1) is 0 Å². The molecule has 1 aromatic heterocycles. The minimum atomic E-state index is 0.417. The summed E-state index contributed by atoms with van der Waals surface area (Å²) in [7, 11) is 0. The molecule has 0 spiro atoms. The van der Waals surface area contributed by atoms with Gasteiger partial charge >= 0.3 is 0 Å². The molecule has 2 nitrogen and oxygen atoms in total. The maximum atomic E-state index is 8.83. The van der Waals surface area contributed by atoms with E-state index in [1.807, 2.05) is 6.20 Å². The van der Waals surface area contributed by atoms with Gasteiger partial charge in [0.05, 0.1) is 18.0 Å². The Morgan fingerprint density at radius 2 is 2.13 bits per heavy atom. The highest BCUT2D eigenvalue weighted by molar-refractivity contribution is 5.86. The van der Waals surface area contributed by atoms with Crippen LogP contribution in [0.3, 0.4) is 0 Å². The summed E-state index contributed by atoms with van der Waals surface area (Å²) >= 11 is 0. The van der Waals surface area contributed by atoms with Crippen molar-refractivity contribution in [3.05, 3.63) is 65.4 Å². The molecule has 2 aliphatic rings. The first-order valence-corrected chi connectivity index (χ1v) is 8.21. The summed E-state index contributed by atoms with van der Waals surface area (Å²) in [5.41, 5.74) is 7.76. The van der Waals surface area contributed by atoms with Gasteiger partial charge in [0.2, 0.25) is 0 Å². The molecular weight excluding hydrogens is 280 g/mol. The SMILES string of the molecule is N#CCc1cnc2cc(-c3cccc4c3C3CC3C4)ccc2c1. The Morgan fingerprint density at radius 3 is 3.04 bits per heavy atom. The monoisotopic (exact) mass is 296 g/mol. The molecule has 0 amide bonds. The van der Waals surface area contributed by atoms with Crippen LogP contribution in [0.1, 0.15) is 29.0 Å².